The maximum Gasteiger partial charge on any atom is 0.305 e. The van der Waals surface area contributed by atoms with E-state index in [-0.39, 0.29) is 5.97 Å². The zero-order chi connectivity index (χ0) is 13.5. The van der Waals surface area contributed by atoms with Gasteiger partial charge in [-0.25, -0.2) is 0 Å². The van der Waals surface area contributed by atoms with E-state index in [4.69, 9.17) is 4.74 Å². The molecule has 0 rings (SSSR count). The van der Waals surface area contributed by atoms with Gasteiger partial charge in [0, 0.05) is 11.8 Å². The topological polar surface area (TPSA) is 26.3 Å². The first kappa shape index (κ1) is 17.9. The highest BCUT2D eigenvalue weighted by Gasteiger charge is 2.01. The third kappa shape index (κ3) is 14.0. The molecule has 108 valence electrons. The molecule has 0 aromatic rings. The van der Waals surface area contributed by atoms with Crippen LogP contribution in [0.4, 0.5) is 0 Å². The van der Waals surface area contributed by atoms with Crippen molar-refractivity contribution in [1.29, 1.82) is 0 Å². The van der Waals surface area contributed by atoms with Gasteiger partial charge in [0.2, 0.25) is 0 Å². The van der Waals surface area contributed by atoms with Gasteiger partial charge in [-0.05, 0) is 19.3 Å². The van der Waals surface area contributed by atoms with Gasteiger partial charge in [0.15, 0.2) is 0 Å². The summed E-state index contributed by atoms with van der Waals surface area (Å²) in [6.45, 7) is 2.70. The van der Waals surface area contributed by atoms with E-state index in [9.17, 15) is 4.79 Å². The van der Waals surface area contributed by atoms with E-state index in [1.807, 2.05) is 0 Å². The summed E-state index contributed by atoms with van der Waals surface area (Å²) in [4.78, 5) is 11.3. The van der Waals surface area contributed by atoms with Crippen molar-refractivity contribution < 1.29 is 9.53 Å². The van der Waals surface area contributed by atoms with Gasteiger partial charge in [-0.1, -0.05) is 67.8 Å². The van der Waals surface area contributed by atoms with Crippen molar-refractivity contribution >= 4 is 21.9 Å². The highest BCUT2D eigenvalue weighted by atomic mass is 79.9. The summed E-state index contributed by atoms with van der Waals surface area (Å²) in [5, 5.41) is 1.13. The van der Waals surface area contributed by atoms with Crippen molar-refractivity contribution in [2.75, 3.05) is 11.9 Å². The van der Waals surface area contributed by atoms with Crippen LogP contribution in [-0.2, 0) is 9.53 Å². The Hall–Kier alpha value is -0.0500. The average molecular weight is 321 g/mol. The normalized spacial score (nSPS) is 10.6. The zero-order valence-electron chi connectivity index (χ0n) is 11.9. The number of rotatable bonds is 13. The van der Waals surface area contributed by atoms with E-state index < -0.39 is 0 Å². The molecule has 0 heterocycles. The molecule has 0 saturated heterocycles. The molecule has 0 radical (unpaired) electrons. The Morgan fingerprint density at radius 3 is 2.00 bits per heavy atom. The van der Waals surface area contributed by atoms with E-state index in [0.717, 1.165) is 24.6 Å². The van der Waals surface area contributed by atoms with Crippen molar-refractivity contribution in [3.05, 3.63) is 0 Å². The van der Waals surface area contributed by atoms with Crippen LogP contribution in [0.25, 0.3) is 0 Å². The molecule has 0 fully saturated rings. The molecular formula is C15H29BrO2. The number of carbonyl (C=O) groups excluding carboxylic acids is 1. The molecule has 0 aromatic carbocycles. The molecule has 18 heavy (non-hydrogen) atoms. The summed E-state index contributed by atoms with van der Waals surface area (Å²) in [6, 6.07) is 0. The van der Waals surface area contributed by atoms with E-state index in [2.05, 4.69) is 22.9 Å². The summed E-state index contributed by atoms with van der Waals surface area (Å²) in [5.74, 6) is -0.0132. The Kier molecular flexibility index (Phi) is 15.0. The van der Waals surface area contributed by atoms with Gasteiger partial charge in [0.05, 0.1) is 6.61 Å². The van der Waals surface area contributed by atoms with Crippen molar-refractivity contribution in [1.82, 2.24) is 0 Å². The quantitative estimate of drug-likeness (QED) is 0.263. The van der Waals surface area contributed by atoms with Gasteiger partial charge in [-0.3, -0.25) is 4.79 Å². The molecular weight excluding hydrogens is 292 g/mol. The lowest BCUT2D eigenvalue weighted by molar-refractivity contribution is -0.143. The summed E-state index contributed by atoms with van der Waals surface area (Å²) in [6.07, 6.45) is 12.7. The lowest BCUT2D eigenvalue weighted by Gasteiger charge is -2.04. The molecule has 0 amide bonds. The standard InChI is InChI=1S/C15H29BrO2/c1-2-3-14-18-15(17)12-10-8-6-4-5-7-9-11-13-16/h2-14H2,1H3. The maximum atomic E-state index is 11.3. The van der Waals surface area contributed by atoms with Crippen molar-refractivity contribution in [3.8, 4) is 0 Å². The van der Waals surface area contributed by atoms with Crippen molar-refractivity contribution in [3.63, 3.8) is 0 Å². The van der Waals surface area contributed by atoms with Crippen LogP contribution in [-0.4, -0.2) is 17.9 Å². The lowest BCUT2D eigenvalue weighted by atomic mass is 10.1. The predicted molar refractivity (Wildman–Crippen MR) is 81.2 cm³/mol. The van der Waals surface area contributed by atoms with Crippen molar-refractivity contribution in [2.24, 2.45) is 0 Å². The molecule has 0 aliphatic rings. The Balaban J connectivity index is 3.08. The number of alkyl halides is 1. The van der Waals surface area contributed by atoms with Crippen LogP contribution in [0.1, 0.15) is 77.6 Å². The van der Waals surface area contributed by atoms with Crippen LogP contribution >= 0.6 is 15.9 Å². The van der Waals surface area contributed by atoms with Crippen LogP contribution in [0.3, 0.4) is 0 Å². The fourth-order valence-electron chi connectivity index (χ4n) is 1.83. The third-order valence-corrected chi connectivity index (χ3v) is 3.59. The number of carbonyl (C=O) groups is 1. The van der Waals surface area contributed by atoms with Gasteiger partial charge >= 0.3 is 5.97 Å². The number of unbranched alkanes of at least 4 members (excludes halogenated alkanes) is 8. The first-order chi connectivity index (χ1) is 8.81. The minimum atomic E-state index is -0.0132. The van der Waals surface area contributed by atoms with Crippen LogP contribution in [0.15, 0.2) is 0 Å². The van der Waals surface area contributed by atoms with Gasteiger partial charge in [-0.2, -0.15) is 0 Å². The minimum absolute atomic E-state index is 0.0132. The first-order valence-corrected chi connectivity index (χ1v) is 8.65. The maximum absolute atomic E-state index is 11.3. The molecule has 0 aliphatic heterocycles. The van der Waals surface area contributed by atoms with Gasteiger partial charge < -0.3 is 4.74 Å². The fourth-order valence-corrected chi connectivity index (χ4v) is 2.22. The molecule has 3 heteroatoms. The number of hydrogen-bond acceptors (Lipinski definition) is 2. The van der Waals surface area contributed by atoms with Crippen molar-refractivity contribution in [2.45, 2.75) is 77.6 Å². The largest absolute Gasteiger partial charge is 0.466 e. The lowest BCUT2D eigenvalue weighted by Crippen LogP contribution is -2.05. The third-order valence-electron chi connectivity index (χ3n) is 3.03. The Morgan fingerprint density at radius 1 is 0.889 bits per heavy atom. The SMILES string of the molecule is CCCCOC(=O)CCCCCCCCCCBr. The second-order valence-corrected chi connectivity index (χ2v) is 5.63. The van der Waals surface area contributed by atoms with Crippen LogP contribution < -0.4 is 0 Å². The Bertz CT molecular complexity index is 183. The summed E-state index contributed by atoms with van der Waals surface area (Å²) in [7, 11) is 0. The molecule has 0 aliphatic carbocycles. The van der Waals surface area contributed by atoms with Gasteiger partial charge in [0.25, 0.3) is 0 Å². The molecule has 2 nitrogen and oxygen atoms in total. The van der Waals surface area contributed by atoms with Crippen LogP contribution in [0, 0.1) is 0 Å². The van der Waals surface area contributed by atoms with E-state index in [1.54, 1.807) is 0 Å². The fraction of sp³-hybridized carbons (Fsp3) is 0.933. The van der Waals surface area contributed by atoms with E-state index in [1.165, 1.54) is 44.9 Å². The summed E-state index contributed by atoms with van der Waals surface area (Å²) >= 11 is 3.44. The minimum Gasteiger partial charge on any atom is -0.466 e. The highest BCUT2D eigenvalue weighted by molar-refractivity contribution is 9.09. The smallest absolute Gasteiger partial charge is 0.305 e. The van der Waals surface area contributed by atoms with Crippen LogP contribution in [0.2, 0.25) is 0 Å². The molecule has 0 spiro atoms. The Labute approximate surface area is 121 Å². The summed E-state index contributed by atoms with van der Waals surface area (Å²) in [5.41, 5.74) is 0. The monoisotopic (exact) mass is 320 g/mol. The van der Waals surface area contributed by atoms with E-state index >= 15 is 0 Å². The number of hydrogen-bond donors (Lipinski definition) is 0. The second-order valence-electron chi connectivity index (χ2n) is 4.84. The molecule has 0 aromatic heterocycles. The second kappa shape index (κ2) is 15.0. The molecule has 0 atom stereocenters. The molecule has 0 N–H and O–H groups in total. The Morgan fingerprint density at radius 2 is 1.44 bits per heavy atom. The van der Waals surface area contributed by atoms with Gasteiger partial charge in [0.1, 0.15) is 0 Å². The van der Waals surface area contributed by atoms with Gasteiger partial charge in [-0.15, -0.1) is 0 Å². The number of esters is 1. The first-order valence-electron chi connectivity index (χ1n) is 7.52. The highest BCUT2D eigenvalue weighted by Crippen LogP contribution is 2.10. The number of ether oxygens (including phenoxy) is 1. The average Bonchev–Trinajstić information content (AvgIpc) is 2.37. The molecule has 0 unspecified atom stereocenters. The molecule has 0 bridgehead atoms. The zero-order valence-corrected chi connectivity index (χ0v) is 13.5. The van der Waals surface area contributed by atoms with E-state index in [0.29, 0.717) is 13.0 Å². The van der Waals surface area contributed by atoms with Crippen LogP contribution in [0.5, 0.6) is 0 Å². The molecule has 0 saturated carbocycles. The number of halogens is 1. The summed E-state index contributed by atoms with van der Waals surface area (Å²) < 4.78 is 5.11. The predicted octanol–water partition coefficient (Wildman–Crippen LogP) is 5.24.